The molecule has 3 rings (SSSR count). The van der Waals surface area contributed by atoms with Crippen LogP contribution in [-0.4, -0.2) is 50.4 Å². The molecule has 2 aliphatic heterocycles. The molecule has 0 aromatic carbocycles. The van der Waals surface area contributed by atoms with Crippen LogP contribution < -0.4 is 16.5 Å². The molecule has 12 heteroatoms. The van der Waals surface area contributed by atoms with E-state index >= 15 is 0 Å². The molecule has 2 aliphatic rings. The molecule has 0 aliphatic carbocycles. The van der Waals surface area contributed by atoms with Gasteiger partial charge in [-0.05, 0) is 0 Å². The van der Waals surface area contributed by atoms with E-state index in [0.717, 1.165) is 0 Å². The van der Waals surface area contributed by atoms with Gasteiger partial charge < -0.3 is 0 Å². The summed E-state index contributed by atoms with van der Waals surface area (Å²) in [6, 6.07) is 0.450. The summed E-state index contributed by atoms with van der Waals surface area (Å²) in [6.45, 7) is 1.40. The molecule has 1 aromatic heterocycles. The summed E-state index contributed by atoms with van der Waals surface area (Å²) in [7, 11) is -3.84. The summed E-state index contributed by atoms with van der Waals surface area (Å²) in [4.78, 5) is 36.8. The molecule has 2 fully saturated rings. The summed E-state index contributed by atoms with van der Waals surface area (Å²) in [5.74, 6) is -1.02. The predicted molar refractivity (Wildman–Crippen MR) is 83.0 cm³/mol. The fourth-order valence-electron chi connectivity index (χ4n) is 2.64. The molecule has 0 radical (unpaired) electrons. The van der Waals surface area contributed by atoms with E-state index in [1.807, 2.05) is 0 Å². The minimum absolute atomic E-state index is 0.0282. The van der Waals surface area contributed by atoms with Gasteiger partial charge in [-0.1, -0.05) is 0 Å². The molecule has 134 valence electrons. The number of ether oxygens (including phenoxy) is 1. The van der Waals surface area contributed by atoms with Gasteiger partial charge >= 0.3 is 136 Å². The second-order valence-corrected chi connectivity index (χ2v) is 7.64. The van der Waals surface area contributed by atoms with Crippen molar-refractivity contribution in [3.05, 3.63) is 22.7 Å². The third kappa shape index (κ3) is 3.41. The number of nitrogens with two attached hydrogens (primary N) is 1. The van der Waals surface area contributed by atoms with Gasteiger partial charge in [-0.3, -0.25) is 0 Å². The van der Waals surface area contributed by atoms with Crippen LogP contribution in [-0.2, 0) is 18.6 Å². The standard InChI is InChI=1S/C12H19N4O7P/c1-6(11(17)18)15-24(20)21-5-8-7(23-24)4-10(22-8)16-3-2-9(13)14-12(16)19/h2-3,6-8,10,15,20,24H,4-5H2,1H3,(H,17,18)(H2,13,14,19)/t6-,7-,8+,10+/m0/s1. The molecule has 0 bridgehead atoms. The van der Waals surface area contributed by atoms with E-state index < -0.39 is 44.2 Å². The van der Waals surface area contributed by atoms with Crippen LogP contribution in [0.25, 0.3) is 0 Å². The quantitative estimate of drug-likeness (QED) is 0.489. The van der Waals surface area contributed by atoms with Crippen molar-refractivity contribution in [1.82, 2.24) is 14.6 Å². The zero-order chi connectivity index (χ0) is 17.5. The Morgan fingerprint density at radius 2 is 2.33 bits per heavy atom. The van der Waals surface area contributed by atoms with Crippen LogP contribution in [0, 0.1) is 0 Å². The monoisotopic (exact) mass is 362 g/mol. The maximum absolute atomic E-state index is 11.9. The third-order valence-corrected chi connectivity index (χ3v) is 5.84. The van der Waals surface area contributed by atoms with Crippen LogP contribution in [0.5, 0.6) is 0 Å². The first kappa shape index (κ1) is 17.2. The predicted octanol–water partition coefficient (Wildman–Crippen LogP) is -1.01. The number of nitrogen functional groups attached to an aromatic ring is 1. The Bertz CT molecular complexity index is 700. The Hall–Kier alpha value is -1.62. The average Bonchev–Trinajstić information content (AvgIpc) is 2.88. The number of rotatable bonds is 4. The summed E-state index contributed by atoms with van der Waals surface area (Å²) in [5.41, 5.74) is 4.90. The maximum atomic E-state index is 11.9. The van der Waals surface area contributed by atoms with Crippen LogP contribution in [0.2, 0.25) is 0 Å². The van der Waals surface area contributed by atoms with Gasteiger partial charge in [0.1, 0.15) is 0 Å². The molecule has 1 aromatic rings. The van der Waals surface area contributed by atoms with Crippen molar-refractivity contribution >= 4 is 19.9 Å². The summed E-state index contributed by atoms with van der Waals surface area (Å²) < 4.78 is 17.8. The van der Waals surface area contributed by atoms with Crippen molar-refractivity contribution in [2.45, 2.75) is 37.8 Å². The molecule has 11 nitrogen and oxygen atoms in total. The normalized spacial score (nSPS) is 31.2. The van der Waals surface area contributed by atoms with E-state index in [9.17, 15) is 14.5 Å². The topological polar surface area (TPSA) is 158 Å². The van der Waals surface area contributed by atoms with Crippen molar-refractivity contribution in [3.8, 4) is 0 Å². The number of hydrogen-bond donors (Lipinski definition) is 4. The molecule has 0 amide bonds. The van der Waals surface area contributed by atoms with Crippen LogP contribution >= 0.6 is 8.09 Å². The molecular weight excluding hydrogens is 343 g/mol. The SMILES string of the molecule is C[C@H](N[PH]1(O)OC[C@H]2O[C@@H](n3ccc(N)nc3=O)C[C@@H]2O1)C(=O)O. The van der Waals surface area contributed by atoms with Gasteiger partial charge in [0.05, 0.1) is 0 Å². The molecule has 2 saturated heterocycles. The molecule has 24 heavy (non-hydrogen) atoms. The Balaban J connectivity index is 1.70. The van der Waals surface area contributed by atoms with Crippen molar-refractivity contribution in [3.63, 3.8) is 0 Å². The first-order chi connectivity index (χ1) is 11.3. The summed E-state index contributed by atoms with van der Waals surface area (Å²) in [5, 5.41) is 11.4. The van der Waals surface area contributed by atoms with Crippen molar-refractivity contribution in [2.24, 2.45) is 0 Å². The Morgan fingerprint density at radius 3 is 3.00 bits per heavy atom. The van der Waals surface area contributed by atoms with E-state index in [0.29, 0.717) is 0 Å². The summed E-state index contributed by atoms with van der Waals surface area (Å²) in [6.07, 6.45) is 0.129. The van der Waals surface area contributed by atoms with Gasteiger partial charge in [-0.2, -0.15) is 0 Å². The van der Waals surface area contributed by atoms with E-state index in [1.165, 1.54) is 23.8 Å². The molecular formula is C12H19N4O7P. The number of nitrogens with one attached hydrogen (secondary N) is 1. The van der Waals surface area contributed by atoms with Crippen LogP contribution in [0.15, 0.2) is 17.1 Å². The van der Waals surface area contributed by atoms with Crippen LogP contribution in [0.4, 0.5) is 5.82 Å². The van der Waals surface area contributed by atoms with Gasteiger partial charge in [0, 0.05) is 0 Å². The van der Waals surface area contributed by atoms with Gasteiger partial charge in [-0.25, -0.2) is 0 Å². The number of carbonyl (C=O) groups is 1. The van der Waals surface area contributed by atoms with Gasteiger partial charge in [0.15, 0.2) is 0 Å². The molecule has 0 saturated carbocycles. The summed E-state index contributed by atoms with van der Waals surface area (Å²) >= 11 is 0. The van der Waals surface area contributed by atoms with E-state index in [-0.39, 0.29) is 18.8 Å². The van der Waals surface area contributed by atoms with E-state index in [1.54, 1.807) is 0 Å². The van der Waals surface area contributed by atoms with Gasteiger partial charge in [-0.15, -0.1) is 0 Å². The van der Waals surface area contributed by atoms with E-state index in [2.05, 4.69) is 10.1 Å². The fraction of sp³-hybridized carbons (Fsp3) is 0.583. The Labute approximate surface area is 137 Å². The van der Waals surface area contributed by atoms with Gasteiger partial charge in [0.2, 0.25) is 0 Å². The van der Waals surface area contributed by atoms with Crippen LogP contribution in [0.3, 0.4) is 0 Å². The number of anilines is 1. The number of aliphatic carboxylic acids is 1. The van der Waals surface area contributed by atoms with Crippen molar-refractivity contribution in [1.29, 1.82) is 0 Å². The molecule has 4 atom stereocenters. The fourth-order valence-corrected chi connectivity index (χ4v) is 4.57. The van der Waals surface area contributed by atoms with Gasteiger partial charge in [0.25, 0.3) is 0 Å². The Kier molecular flexibility index (Phi) is 4.56. The molecule has 0 unspecified atom stereocenters. The number of aromatic nitrogens is 2. The zero-order valence-corrected chi connectivity index (χ0v) is 13.8. The number of fused-ring (bicyclic) bond motifs is 1. The third-order valence-electron chi connectivity index (χ3n) is 3.87. The number of carboxylic acids is 1. The minimum atomic E-state index is -3.84. The first-order valence-electron chi connectivity index (χ1n) is 7.32. The first-order valence-corrected chi connectivity index (χ1v) is 9.08. The number of hydrogen-bond acceptors (Lipinski definition) is 9. The van der Waals surface area contributed by atoms with Crippen molar-refractivity contribution in [2.75, 3.05) is 12.3 Å². The molecule has 0 spiro atoms. The average molecular weight is 362 g/mol. The zero-order valence-electron chi connectivity index (χ0n) is 12.8. The van der Waals surface area contributed by atoms with E-state index in [4.69, 9.17) is 24.6 Å². The second kappa shape index (κ2) is 6.36. The molecule has 5 N–H and O–H groups in total. The second-order valence-electron chi connectivity index (χ2n) is 5.66. The Morgan fingerprint density at radius 1 is 1.58 bits per heavy atom. The molecule has 3 heterocycles. The number of carboxylic acid groups (broad SMARTS) is 1. The van der Waals surface area contributed by atoms with Crippen molar-refractivity contribution < 1.29 is 28.6 Å². The van der Waals surface area contributed by atoms with Crippen LogP contribution in [0.1, 0.15) is 19.6 Å². The number of nitrogens with zero attached hydrogens (tertiary/aromatic N) is 2.